The zero-order chi connectivity index (χ0) is 13.8. The van der Waals surface area contributed by atoms with Crippen LogP contribution in [0.15, 0.2) is 36.5 Å². The maximum absolute atomic E-state index is 5.97. The number of anilines is 1. The molecule has 1 aromatic carbocycles. The van der Waals surface area contributed by atoms with Gasteiger partial charge >= 0.3 is 0 Å². The van der Waals surface area contributed by atoms with E-state index >= 15 is 0 Å². The van der Waals surface area contributed by atoms with Gasteiger partial charge in [0, 0.05) is 18.6 Å². The second-order valence-electron chi connectivity index (χ2n) is 4.12. The summed E-state index contributed by atoms with van der Waals surface area (Å²) in [6, 6.07) is 9.43. The number of aromatic nitrogens is 2. The largest absolute Gasteiger partial charge is 0.389 e. The molecule has 4 nitrogen and oxygen atoms in total. The lowest BCUT2D eigenvalue weighted by atomic mass is 10.2. The molecule has 0 fully saturated rings. The molecule has 0 atom stereocenters. The van der Waals surface area contributed by atoms with Gasteiger partial charge < -0.3 is 10.6 Å². The van der Waals surface area contributed by atoms with Gasteiger partial charge in [-0.2, -0.15) is 5.10 Å². The molecule has 0 unspecified atom stereocenters. The van der Waals surface area contributed by atoms with Gasteiger partial charge in [-0.05, 0) is 23.8 Å². The zero-order valence-corrected chi connectivity index (χ0v) is 11.9. The number of benzene rings is 1. The summed E-state index contributed by atoms with van der Waals surface area (Å²) in [4.78, 5) is 2.25. The van der Waals surface area contributed by atoms with Gasteiger partial charge in [0.1, 0.15) is 4.99 Å². The number of nitrogens with two attached hydrogens (primary N) is 1. The van der Waals surface area contributed by atoms with Crippen molar-refractivity contribution in [2.75, 3.05) is 11.9 Å². The van der Waals surface area contributed by atoms with E-state index in [2.05, 4.69) is 10.2 Å². The molecule has 0 aliphatic carbocycles. The Morgan fingerprint density at radius 2 is 2.21 bits per heavy atom. The number of thiocarbonyl (C=S) groups is 1. The average molecular weight is 293 g/mol. The third kappa shape index (κ3) is 3.39. The summed E-state index contributed by atoms with van der Waals surface area (Å²) in [5.74, 6) is 0.662. The minimum atomic E-state index is 0.308. The molecular formula is C13H13ClN4S. The minimum Gasteiger partial charge on any atom is -0.389 e. The van der Waals surface area contributed by atoms with E-state index in [0.29, 0.717) is 22.4 Å². The molecular weight excluding hydrogens is 280 g/mol. The van der Waals surface area contributed by atoms with E-state index in [0.717, 1.165) is 11.1 Å². The first kappa shape index (κ1) is 13.7. The van der Waals surface area contributed by atoms with Crippen LogP contribution in [-0.2, 0) is 6.54 Å². The Kier molecular flexibility index (Phi) is 4.29. The molecule has 98 valence electrons. The van der Waals surface area contributed by atoms with E-state index in [-0.39, 0.29) is 0 Å². The van der Waals surface area contributed by atoms with Crippen LogP contribution in [-0.4, -0.2) is 22.2 Å². The van der Waals surface area contributed by atoms with Crippen molar-refractivity contribution in [3.8, 4) is 0 Å². The average Bonchev–Trinajstić information content (AvgIpc) is 2.38. The lowest BCUT2D eigenvalue weighted by molar-refractivity contribution is 0.864. The zero-order valence-electron chi connectivity index (χ0n) is 10.4. The summed E-state index contributed by atoms with van der Waals surface area (Å²) in [6.07, 6.45) is 1.57. The molecule has 1 aromatic heterocycles. The molecule has 0 saturated heterocycles. The SMILES string of the molecule is CN(Cc1cccc(Cl)c1)c1nnccc1C(N)=S. The lowest BCUT2D eigenvalue weighted by Crippen LogP contribution is -2.23. The molecule has 2 rings (SSSR count). The first-order valence-corrected chi connectivity index (χ1v) is 6.43. The van der Waals surface area contributed by atoms with Crippen molar-refractivity contribution in [1.29, 1.82) is 0 Å². The van der Waals surface area contributed by atoms with Crippen molar-refractivity contribution in [3.05, 3.63) is 52.7 Å². The Morgan fingerprint density at radius 3 is 2.89 bits per heavy atom. The maximum Gasteiger partial charge on any atom is 0.161 e. The number of hydrogen-bond acceptors (Lipinski definition) is 4. The van der Waals surface area contributed by atoms with Crippen LogP contribution in [0.3, 0.4) is 0 Å². The van der Waals surface area contributed by atoms with Crippen LogP contribution < -0.4 is 10.6 Å². The number of nitrogens with zero attached hydrogens (tertiary/aromatic N) is 3. The van der Waals surface area contributed by atoms with Crippen molar-refractivity contribution >= 4 is 34.6 Å². The second kappa shape index (κ2) is 5.95. The molecule has 1 heterocycles. The quantitative estimate of drug-likeness (QED) is 0.877. The lowest BCUT2D eigenvalue weighted by Gasteiger charge is -2.20. The maximum atomic E-state index is 5.97. The summed E-state index contributed by atoms with van der Waals surface area (Å²) in [5.41, 5.74) is 7.48. The Balaban J connectivity index is 2.25. The van der Waals surface area contributed by atoms with E-state index in [1.165, 1.54) is 0 Å². The van der Waals surface area contributed by atoms with Gasteiger partial charge in [-0.15, -0.1) is 5.10 Å². The number of hydrogen-bond donors (Lipinski definition) is 1. The highest BCUT2D eigenvalue weighted by molar-refractivity contribution is 7.80. The monoisotopic (exact) mass is 292 g/mol. The molecule has 2 aromatic rings. The minimum absolute atomic E-state index is 0.308. The van der Waals surface area contributed by atoms with Gasteiger partial charge in [-0.3, -0.25) is 0 Å². The first-order chi connectivity index (χ1) is 9.08. The molecule has 0 radical (unpaired) electrons. The Hall–Kier alpha value is -1.72. The fourth-order valence-electron chi connectivity index (χ4n) is 1.78. The van der Waals surface area contributed by atoms with Crippen molar-refractivity contribution in [2.45, 2.75) is 6.54 Å². The number of rotatable bonds is 4. The highest BCUT2D eigenvalue weighted by Gasteiger charge is 2.12. The molecule has 2 N–H and O–H groups in total. The smallest absolute Gasteiger partial charge is 0.161 e. The van der Waals surface area contributed by atoms with Crippen molar-refractivity contribution in [2.24, 2.45) is 5.73 Å². The predicted molar refractivity (Wildman–Crippen MR) is 81.5 cm³/mol. The highest BCUT2D eigenvalue weighted by Crippen LogP contribution is 2.18. The highest BCUT2D eigenvalue weighted by atomic mass is 35.5. The number of halogens is 1. The molecule has 0 saturated carbocycles. The fraction of sp³-hybridized carbons (Fsp3) is 0.154. The fourth-order valence-corrected chi connectivity index (χ4v) is 2.15. The van der Waals surface area contributed by atoms with Crippen molar-refractivity contribution in [1.82, 2.24) is 10.2 Å². The molecule has 0 bridgehead atoms. The molecule has 0 aliphatic rings. The second-order valence-corrected chi connectivity index (χ2v) is 4.99. The van der Waals surface area contributed by atoms with Crippen molar-refractivity contribution < 1.29 is 0 Å². The standard InChI is InChI=1S/C13H13ClN4S/c1-18(8-9-3-2-4-10(14)7-9)13-11(12(15)19)5-6-16-17-13/h2-7H,8H2,1H3,(H2,15,19). The van der Waals surface area contributed by atoms with E-state index < -0.39 is 0 Å². The Morgan fingerprint density at radius 1 is 1.42 bits per heavy atom. The normalized spacial score (nSPS) is 10.2. The van der Waals surface area contributed by atoms with E-state index in [4.69, 9.17) is 29.6 Å². The van der Waals surface area contributed by atoms with Crippen LogP contribution in [0.5, 0.6) is 0 Å². The summed E-state index contributed by atoms with van der Waals surface area (Å²) in [6.45, 7) is 0.648. The van der Waals surface area contributed by atoms with Crippen LogP contribution in [0, 0.1) is 0 Å². The van der Waals surface area contributed by atoms with Crippen LogP contribution in [0.25, 0.3) is 0 Å². The summed E-state index contributed by atoms with van der Waals surface area (Å²) in [5, 5.41) is 8.68. The van der Waals surface area contributed by atoms with Gasteiger partial charge in [-0.25, -0.2) is 0 Å². The molecule has 19 heavy (non-hydrogen) atoms. The molecule has 0 aliphatic heterocycles. The topological polar surface area (TPSA) is 55.0 Å². The molecule has 0 spiro atoms. The van der Waals surface area contributed by atoms with Gasteiger partial charge in [0.25, 0.3) is 0 Å². The van der Waals surface area contributed by atoms with Crippen LogP contribution >= 0.6 is 23.8 Å². The molecule has 6 heteroatoms. The van der Waals surface area contributed by atoms with Gasteiger partial charge in [0.15, 0.2) is 5.82 Å². The Labute approximate surface area is 122 Å². The first-order valence-electron chi connectivity index (χ1n) is 5.65. The van der Waals surface area contributed by atoms with E-state index in [1.807, 2.05) is 36.2 Å². The molecule has 0 amide bonds. The van der Waals surface area contributed by atoms with Crippen LogP contribution in [0.4, 0.5) is 5.82 Å². The van der Waals surface area contributed by atoms with E-state index in [1.54, 1.807) is 12.3 Å². The van der Waals surface area contributed by atoms with Gasteiger partial charge in [0.05, 0.1) is 11.8 Å². The van der Waals surface area contributed by atoms with E-state index in [9.17, 15) is 0 Å². The van der Waals surface area contributed by atoms with Crippen LogP contribution in [0.1, 0.15) is 11.1 Å². The summed E-state index contributed by atoms with van der Waals surface area (Å²) < 4.78 is 0. The summed E-state index contributed by atoms with van der Waals surface area (Å²) in [7, 11) is 1.91. The van der Waals surface area contributed by atoms with Gasteiger partial charge in [0.2, 0.25) is 0 Å². The summed E-state index contributed by atoms with van der Waals surface area (Å²) >= 11 is 11.0. The third-order valence-corrected chi connectivity index (χ3v) is 3.09. The van der Waals surface area contributed by atoms with Crippen molar-refractivity contribution in [3.63, 3.8) is 0 Å². The van der Waals surface area contributed by atoms with Crippen LogP contribution in [0.2, 0.25) is 5.02 Å². The predicted octanol–water partition coefficient (Wildman–Crippen LogP) is 2.40. The van der Waals surface area contributed by atoms with Gasteiger partial charge in [-0.1, -0.05) is 36.0 Å². The third-order valence-electron chi connectivity index (χ3n) is 2.64. The Bertz CT molecular complexity index is 603.